The van der Waals surface area contributed by atoms with E-state index in [1.54, 1.807) is 0 Å². The second-order valence-electron chi connectivity index (χ2n) is 9.31. The number of esters is 1. The number of fused-ring (bicyclic) bond motifs is 1. The number of Topliss-reactive ketones (excluding diaryl/α,β-unsaturated/α-hetero) is 1. The molecule has 0 N–H and O–H groups in total. The van der Waals surface area contributed by atoms with E-state index in [4.69, 9.17) is 4.74 Å². The Morgan fingerprint density at radius 1 is 1.13 bits per heavy atom. The highest BCUT2D eigenvalue weighted by atomic mass is 16.6. The number of ether oxygens (including phenoxy) is 1. The van der Waals surface area contributed by atoms with Crippen molar-refractivity contribution in [3.63, 3.8) is 0 Å². The minimum Gasteiger partial charge on any atom is -0.458 e. The summed E-state index contributed by atoms with van der Waals surface area (Å²) in [5.74, 6) is 0.390. The van der Waals surface area contributed by atoms with E-state index in [1.807, 2.05) is 13.0 Å². The maximum Gasteiger partial charge on any atom is 0.312 e. The van der Waals surface area contributed by atoms with Crippen LogP contribution in [0.4, 0.5) is 0 Å². The maximum absolute atomic E-state index is 13.1. The topological polar surface area (TPSA) is 43.4 Å². The van der Waals surface area contributed by atoms with Crippen molar-refractivity contribution in [2.24, 2.45) is 28.1 Å². The van der Waals surface area contributed by atoms with Crippen LogP contribution in [0.1, 0.15) is 65.7 Å². The summed E-state index contributed by atoms with van der Waals surface area (Å²) in [7, 11) is 0. The van der Waals surface area contributed by atoms with Gasteiger partial charge in [0.05, 0.1) is 5.41 Å². The monoisotopic (exact) mass is 316 g/mol. The standard InChI is InChI=1S/C20H28O3/c1-5-17(2)9-10-19(4)13(12-17)14(21)11-15-18(3)7-6-8-20(15,19)23-16(18)22/h5,13,15H,1,6-12H2,2-4H3. The molecule has 3 saturated carbocycles. The van der Waals surface area contributed by atoms with Gasteiger partial charge in [-0.3, -0.25) is 9.59 Å². The molecule has 3 nitrogen and oxygen atoms in total. The van der Waals surface area contributed by atoms with E-state index < -0.39 is 11.0 Å². The molecule has 0 aromatic carbocycles. The summed E-state index contributed by atoms with van der Waals surface area (Å²) in [4.78, 5) is 25.8. The lowest BCUT2D eigenvalue weighted by Crippen LogP contribution is -2.65. The van der Waals surface area contributed by atoms with Crippen LogP contribution in [0, 0.1) is 28.1 Å². The van der Waals surface area contributed by atoms with Gasteiger partial charge in [-0.25, -0.2) is 0 Å². The highest BCUT2D eigenvalue weighted by Gasteiger charge is 2.75. The second kappa shape index (κ2) is 4.29. The lowest BCUT2D eigenvalue weighted by molar-refractivity contribution is -0.202. The van der Waals surface area contributed by atoms with Crippen molar-refractivity contribution >= 4 is 11.8 Å². The van der Waals surface area contributed by atoms with Crippen LogP contribution in [-0.2, 0) is 14.3 Å². The van der Waals surface area contributed by atoms with Gasteiger partial charge in [0.1, 0.15) is 11.4 Å². The average Bonchev–Trinajstić information content (AvgIpc) is 2.64. The fourth-order valence-corrected chi connectivity index (χ4v) is 6.44. The quantitative estimate of drug-likeness (QED) is 0.541. The average molecular weight is 316 g/mol. The van der Waals surface area contributed by atoms with E-state index in [9.17, 15) is 9.59 Å². The van der Waals surface area contributed by atoms with E-state index in [2.05, 4.69) is 20.4 Å². The molecule has 1 heterocycles. The van der Waals surface area contributed by atoms with Crippen molar-refractivity contribution in [1.82, 2.24) is 0 Å². The summed E-state index contributed by atoms with van der Waals surface area (Å²) in [6.45, 7) is 10.5. The van der Waals surface area contributed by atoms with E-state index in [1.165, 1.54) is 0 Å². The summed E-state index contributed by atoms with van der Waals surface area (Å²) in [6.07, 6.45) is 8.22. The number of ketones is 1. The van der Waals surface area contributed by atoms with Crippen LogP contribution in [0.2, 0.25) is 0 Å². The van der Waals surface area contributed by atoms with Gasteiger partial charge in [0, 0.05) is 23.7 Å². The molecule has 23 heavy (non-hydrogen) atoms. The summed E-state index contributed by atoms with van der Waals surface area (Å²) in [5.41, 5.74) is -1.02. The van der Waals surface area contributed by atoms with E-state index in [0.29, 0.717) is 12.2 Å². The number of rotatable bonds is 1. The molecule has 3 heteroatoms. The van der Waals surface area contributed by atoms with Gasteiger partial charge < -0.3 is 4.74 Å². The molecule has 1 aliphatic heterocycles. The van der Waals surface area contributed by atoms with Crippen LogP contribution in [0.15, 0.2) is 12.7 Å². The third-order valence-electron chi connectivity index (χ3n) is 8.23. The van der Waals surface area contributed by atoms with Crippen LogP contribution >= 0.6 is 0 Å². The van der Waals surface area contributed by atoms with Crippen LogP contribution in [-0.4, -0.2) is 17.4 Å². The van der Waals surface area contributed by atoms with Crippen LogP contribution in [0.5, 0.6) is 0 Å². The Morgan fingerprint density at radius 2 is 1.87 bits per heavy atom. The predicted octanol–water partition coefficient (Wildman–Crippen LogP) is 4.06. The molecule has 3 aliphatic carbocycles. The molecule has 0 spiro atoms. The third kappa shape index (κ3) is 1.62. The Bertz CT molecular complexity index is 610. The lowest BCUT2D eigenvalue weighted by Gasteiger charge is -2.61. The molecular weight excluding hydrogens is 288 g/mol. The largest absolute Gasteiger partial charge is 0.458 e. The Morgan fingerprint density at radius 3 is 2.57 bits per heavy atom. The number of hydrogen-bond acceptors (Lipinski definition) is 3. The molecule has 1 saturated heterocycles. The molecule has 4 rings (SSSR count). The van der Waals surface area contributed by atoms with Gasteiger partial charge in [0.2, 0.25) is 0 Å². The minimum atomic E-state index is -0.443. The van der Waals surface area contributed by atoms with Gasteiger partial charge >= 0.3 is 5.97 Å². The molecule has 6 unspecified atom stereocenters. The Labute approximate surface area is 138 Å². The first-order valence-corrected chi connectivity index (χ1v) is 9.11. The first-order valence-electron chi connectivity index (χ1n) is 9.11. The molecule has 0 amide bonds. The zero-order valence-corrected chi connectivity index (χ0v) is 14.6. The highest BCUT2D eigenvalue weighted by molar-refractivity contribution is 5.89. The van der Waals surface area contributed by atoms with Gasteiger partial charge in [-0.1, -0.05) is 19.9 Å². The first-order chi connectivity index (χ1) is 10.7. The molecule has 6 atom stereocenters. The van der Waals surface area contributed by atoms with Crippen molar-refractivity contribution in [3.8, 4) is 0 Å². The number of hydrogen-bond donors (Lipinski definition) is 0. The fraction of sp³-hybridized carbons (Fsp3) is 0.800. The van der Waals surface area contributed by atoms with Crippen molar-refractivity contribution in [2.75, 3.05) is 0 Å². The smallest absolute Gasteiger partial charge is 0.312 e. The molecule has 4 aliphatic rings. The number of carbonyl (C=O) groups is 2. The van der Waals surface area contributed by atoms with E-state index in [-0.39, 0.29) is 28.6 Å². The zero-order valence-electron chi connectivity index (χ0n) is 14.6. The third-order valence-corrected chi connectivity index (χ3v) is 8.23. The van der Waals surface area contributed by atoms with Crippen LogP contribution < -0.4 is 0 Å². The zero-order chi connectivity index (χ0) is 16.7. The Balaban J connectivity index is 1.83. The molecule has 4 fully saturated rings. The van der Waals surface area contributed by atoms with Crippen molar-refractivity contribution in [2.45, 2.75) is 71.3 Å². The summed E-state index contributed by atoms with van der Waals surface area (Å²) in [6, 6.07) is 0. The predicted molar refractivity (Wildman–Crippen MR) is 87.6 cm³/mol. The van der Waals surface area contributed by atoms with Crippen molar-refractivity contribution in [3.05, 3.63) is 12.7 Å². The van der Waals surface area contributed by atoms with Crippen molar-refractivity contribution < 1.29 is 14.3 Å². The normalized spacial score (nSPS) is 54.9. The van der Waals surface area contributed by atoms with Gasteiger partial charge in [0.25, 0.3) is 0 Å². The fourth-order valence-electron chi connectivity index (χ4n) is 6.44. The van der Waals surface area contributed by atoms with Crippen molar-refractivity contribution in [1.29, 1.82) is 0 Å². The number of carbonyl (C=O) groups excluding carboxylic acids is 2. The number of allylic oxidation sites excluding steroid dienone is 1. The maximum atomic E-state index is 13.1. The SMILES string of the molecule is C=CC1(C)CCC2(C)C(C1)C(=O)CC1C3(C)CCCC12OC3=O. The first kappa shape index (κ1) is 15.4. The van der Waals surface area contributed by atoms with Gasteiger partial charge in [0.15, 0.2) is 0 Å². The molecule has 0 aromatic rings. The van der Waals surface area contributed by atoms with Crippen LogP contribution in [0.25, 0.3) is 0 Å². The van der Waals surface area contributed by atoms with E-state index in [0.717, 1.165) is 38.5 Å². The summed E-state index contributed by atoms with van der Waals surface area (Å²) >= 11 is 0. The van der Waals surface area contributed by atoms with Gasteiger partial charge in [-0.15, -0.1) is 6.58 Å². The minimum absolute atomic E-state index is 0.00347. The van der Waals surface area contributed by atoms with E-state index >= 15 is 0 Å². The van der Waals surface area contributed by atoms with Gasteiger partial charge in [-0.05, 0) is 50.9 Å². The second-order valence-corrected chi connectivity index (χ2v) is 9.31. The molecular formula is C20H28O3. The highest BCUT2D eigenvalue weighted by Crippen LogP contribution is 2.70. The molecule has 0 radical (unpaired) electrons. The summed E-state index contributed by atoms with van der Waals surface area (Å²) < 4.78 is 6.19. The van der Waals surface area contributed by atoms with Crippen LogP contribution in [0.3, 0.4) is 0 Å². The van der Waals surface area contributed by atoms with Gasteiger partial charge in [-0.2, -0.15) is 0 Å². The molecule has 0 aromatic heterocycles. The Hall–Kier alpha value is -1.12. The lowest BCUT2D eigenvalue weighted by atomic mass is 9.42. The molecule has 2 bridgehead atoms. The Kier molecular flexibility index (Phi) is 2.87. The molecule has 126 valence electrons. The summed E-state index contributed by atoms with van der Waals surface area (Å²) in [5, 5.41) is 0.